The molecule has 2 unspecified atom stereocenters. The molecule has 3 amide bonds. The van der Waals surface area contributed by atoms with Crippen molar-refractivity contribution in [1.82, 2.24) is 20.2 Å². The third kappa shape index (κ3) is 8.04. The second-order valence-electron chi connectivity index (χ2n) is 8.58. The van der Waals surface area contributed by atoms with Crippen molar-refractivity contribution in [2.24, 2.45) is 17.2 Å². The van der Waals surface area contributed by atoms with Crippen LogP contribution in [0.4, 0.5) is 5.82 Å². The van der Waals surface area contributed by atoms with E-state index in [9.17, 15) is 14.4 Å². The fourth-order valence-electron chi connectivity index (χ4n) is 3.88. The molecule has 0 aliphatic rings. The van der Waals surface area contributed by atoms with E-state index in [1.165, 1.54) is 4.90 Å². The topological polar surface area (TPSA) is 182 Å². The van der Waals surface area contributed by atoms with Gasteiger partial charge in [0.2, 0.25) is 17.7 Å². The number of hydrogen-bond donors (Lipinski definition) is 5. The van der Waals surface area contributed by atoms with Crippen molar-refractivity contribution in [2.75, 3.05) is 31.5 Å². The minimum atomic E-state index is -1.14. The van der Waals surface area contributed by atoms with Crippen LogP contribution in [-0.4, -0.2) is 70.9 Å². The maximum absolute atomic E-state index is 13.3. The van der Waals surface area contributed by atoms with Crippen molar-refractivity contribution in [3.63, 3.8) is 0 Å². The second kappa shape index (κ2) is 14.0. The molecule has 2 atom stereocenters. The summed E-state index contributed by atoms with van der Waals surface area (Å²) >= 11 is 0. The highest BCUT2D eigenvalue weighted by molar-refractivity contribution is 6.02. The van der Waals surface area contributed by atoms with Crippen LogP contribution in [-0.2, 0) is 20.8 Å². The van der Waals surface area contributed by atoms with Crippen LogP contribution in [0.1, 0.15) is 18.4 Å². The molecule has 1 aromatic carbocycles. The molecule has 0 bridgehead atoms. The molecular formula is C26H34N8O3. The summed E-state index contributed by atoms with van der Waals surface area (Å²) in [5, 5.41) is 6.32. The van der Waals surface area contributed by atoms with Crippen molar-refractivity contribution in [3.05, 3.63) is 66.5 Å². The molecule has 0 saturated carbocycles. The fourth-order valence-corrected chi connectivity index (χ4v) is 3.88. The van der Waals surface area contributed by atoms with Crippen molar-refractivity contribution in [3.8, 4) is 0 Å². The summed E-state index contributed by atoms with van der Waals surface area (Å²) in [4.78, 5) is 48.9. The second-order valence-corrected chi connectivity index (χ2v) is 8.58. The fraction of sp³-hybridized carbons (Fsp3) is 0.346. The Morgan fingerprint density at radius 1 is 0.892 bits per heavy atom. The summed E-state index contributed by atoms with van der Waals surface area (Å²) in [6.45, 7) is 1.18. The highest BCUT2D eigenvalue weighted by Gasteiger charge is 2.27. The Balaban J connectivity index is 1.72. The highest BCUT2D eigenvalue weighted by atomic mass is 16.2. The first-order chi connectivity index (χ1) is 17.9. The average molecular weight is 507 g/mol. The van der Waals surface area contributed by atoms with Gasteiger partial charge < -0.3 is 32.7 Å². The van der Waals surface area contributed by atoms with E-state index in [0.717, 1.165) is 10.9 Å². The number of aromatic nitrogens is 2. The number of anilines is 1. The van der Waals surface area contributed by atoms with E-state index >= 15 is 0 Å². The lowest BCUT2D eigenvalue weighted by Gasteiger charge is -2.24. The Bertz CT molecular complexity index is 1180. The van der Waals surface area contributed by atoms with Crippen LogP contribution in [0.25, 0.3) is 10.9 Å². The Morgan fingerprint density at radius 2 is 1.62 bits per heavy atom. The summed E-state index contributed by atoms with van der Waals surface area (Å²) in [7, 11) is 0. The molecule has 0 saturated heterocycles. The standard InChI is InChI=1S/C26H34N8O3/c27-11-15-34(16-12-28)22(35)17-20(29)25(36)32-21(9-8-18-5-2-1-3-6-18)26(37)33-24-23-19(10-14-31-24)7-4-13-30-23/h1-7,10,13-14,20-21H,8-9,11-12,15-17,27-29H2,(H,32,36)(H,31,33,37). The van der Waals surface area contributed by atoms with E-state index in [-0.39, 0.29) is 25.4 Å². The molecular weight excluding hydrogens is 472 g/mol. The molecule has 11 nitrogen and oxygen atoms in total. The first-order valence-electron chi connectivity index (χ1n) is 12.2. The van der Waals surface area contributed by atoms with Crippen LogP contribution >= 0.6 is 0 Å². The molecule has 0 radical (unpaired) electrons. The number of fused-ring (bicyclic) bond motifs is 1. The quantitative estimate of drug-likeness (QED) is 0.217. The molecule has 8 N–H and O–H groups in total. The van der Waals surface area contributed by atoms with Gasteiger partial charge >= 0.3 is 0 Å². The maximum Gasteiger partial charge on any atom is 0.248 e. The molecule has 0 spiro atoms. The lowest BCUT2D eigenvalue weighted by molar-refractivity contribution is -0.134. The summed E-state index contributed by atoms with van der Waals surface area (Å²) in [5.41, 5.74) is 18.7. The van der Waals surface area contributed by atoms with Gasteiger partial charge in [0.15, 0.2) is 5.82 Å². The summed E-state index contributed by atoms with van der Waals surface area (Å²) < 4.78 is 0. The van der Waals surface area contributed by atoms with Gasteiger partial charge in [-0.25, -0.2) is 4.98 Å². The summed E-state index contributed by atoms with van der Waals surface area (Å²) in [6, 6.07) is 13.0. The van der Waals surface area contributed by atoms with E-state index in [1.54, 1.807) is 24.5 Å². The van der Waals surface area contributed by atoms with Crippen LogP contribution in [0.15, 0.2) is 60.9 Å². The normalized spacial score (nSPS) is 12.5. The number of pyridine rings is 2. The van der Waals surface area contributed by atoms with Crippen LogP contribution in [0.3, 0.4) is 0 Å². The van der Waals surface area contributed by atoms with E-state index in [4.69, 9.17) is 17.2 Å². The third-order valence-electron chi connectivity index (χ3n) is 5.84. The van der Waals surface area contributed by atoms with Gasteiger partial charge in [0.25, 0.3) is 0 Å². The molecule has 0 aliphatic carbocycles. The lowest BCUT2D eigenvalue weighted by atomic mass is 10.0. The highest BCUT2D eigenvalue weighted by Crippen LogP contribution is 2.18. The number of nitrogens with one attached hydrogen (secondary N) is 2. The number of carbonyl (C=O) groups is 3. The number of rotatable bonds is 13. The SMILES string of the molecule is NCCN(CCN)C(=O)CC(N)C(=O)NC(CCc1ccccc1)C(=O)Nc1nccc2cccnc12. The lowest BCUT2D eigenvalue weighted by Crippen LogP contribution is -2.52. The molecule has 11 heteroatoms. The Kier molecular flexibility index (Phi) is 10.4. The van der Waals surface area contributed by atoms with Gasteiger partial charge in [0.1, 0.15) is 11.6 Å². The van der Waals surface area contributed by atoms with Gasteiger partial charge in [0, 0.05) is 44.0 Å². The number of hydrogen-bond acceptors (Lipinski definition) is 8. The first-order valence-corrected chi connectivity index (χ1v) is 12.2. The number of nitrogens with zero attached hydrogens (tertiary/aromatic N) is 3. The molecule has 3 aromatic rings. The minimum absolute atomic E-state index is 0.229. The Labute approximate surface area is 215 Å². The zero-order valence-corrected chi connectivity index (χ0v) is 20.7. The predicted molar refractivity (Wildman–Crippen MR) is 142 cm³/mol. The number of nitrogens with two attached hydrogens (primary N) is 3. The number of amides is 3. The molecule has 0 aliphatic heterocycles. The van der Waals surface area contributed by atoms with E-state index in [1.807, 2.05) is 36.4 Å². The Hall–Kier alpha value is -3.93. The first kappa shape index (κ1) is 27.7. The zero-order valence-electron chi connectivity index (χ0n) is 20.7. The molecule has 2 aromatic heterocycles. The Morgan fingerprint density at radius 3 is 2.32 bits per heavy atom. The molecule has 37 heavy (non-hydrogen) atoms. The van der Waals surface area contributed by atoms with Crippen molar-refractivity contribution < 1.29 is 14.4 Å². The van der Waals surface area contributed by atoms with Crippen LogP contribution in [0.5, 0.6) is 0 Å². The van der Waals surface area contributed by atoms with Crippen molar-refractivity contribution >= 4 is 34.4 Å². The van der Waals surface area contributed by atoms with Crippen molar-refractivity contribution in [2.45, 2.75) is 31.3 Å². The molecule has 0 fully saturated rings. The maximum atomic E-state index is 13.3. The van der Waals surface area contributed by atoms with E-state index < -0.39 is 23.9 Å². The average Bonchev–Trinajstić information content (AvgIpc) is 2.91. The zero-order chi connectivity index (χ0) is 26.6. The van der Waals surface area contributed by atoms with E-state index in [2.05, 4.69) is 20.6 Å². The van der Waals surface area contributed by atoms with Crippen molar-refractivity contribution in [1.29, 1.82) is 0 Å². The largest absolute Gasteiger partial charge is 0.343 e. The molecule has 196 valence electrons. The van der Waals surface area contributed by atoms with Gasteiger partial charge in [-0.2, -0.15) is 0 Å². The van der Waals surface area contributed by atoms with Gasteiger partial charge in [0.05, 0.1) is 12.5 Å². The van der Waals surface area contributed by atoms with Crippen LogP contribution in [0, 0.1) is 0 Å². The predicted octanol–water partition coefficient (Wildman–Crippen LogP) is 0.149. The van der Waals surface area contributed by atoms with Gasteiger partial charge in [-0.15, -0.1) is 0 Å². The van der Waals surface area contributed by atoms with Crippen LogP contribution in [0.2, 0.25) is 0 Å². The van der Waals surface area contributed by atoms with Crippen LogP contribution < -0.4 is 27.8 Å². The minimum Gasteiger partial charge on any atom is -0.343 e. The number of carbonyl (C=O) groups excluding carboxylic acids is 3. The van der Waals surface area contributed by atoms with Gasteiger partial charge in [-0.3, -0.25) is 19.4 Å². The third-order valence-corrected chi connectivity index (χ3v) is 5.84. The van der Waals surface area contributed by atoms with Gasteiger partial charge in [-0.05, 0) is 30.5 Å². The smallest absolute Gasteiger partial charge is 0.248 e. The number of benzene rings is 1. The van der Waals surface area contributed by atoms with Gasteiger partial charge in [-0.1, -0.05) is 36.4 Å². The number of aryl methyl sites for hydroxylation is 1. The van der Waals surface area contributed by atoms with E-state index in [0.29, 0.717) is 37.3 Å². The molecule has 2 heterocycles. The summed E-state index contributed by atoms with van der Waals surface area (Å²) in [5.74, 6) is -1.09. The monoisotopic (exact) mass is 506 g/mol. The summed E-state index contributed by atoms with van der Waals surface area (Å²) in [6.07, 6.45) is 3.81. The molecule has 3 rings (SSSR count).